The van der Waals surface area contributed by atoms with E-state index >= 15 is 0 Å². The van der Waals surface area contributed by atoms with Crippen LogP contribution in [0, 0.1) is 10.1 Å². The first-order valence-corrected chi connectivity index (χ1v) is 4.53. The zero-order valence-electron chi connectivity index (χ0n) is 8.47. The van der Waals surface area contributed by atoms with Gasteiger partial charge in [0.1, 0.15) is 0 Å². The number of hydrogen-bond donors (Lipinski definition) is 3. The van der Waals surface area contributed by atoms with E-state index in [2.05, 4.69) is 10.2 Å². The maximum atomic E-state index is 10.9. The van der Waals surface area contributed by atoms with Gasteiger partial charge in [0.15, 0.2) is 0 Å². The van der Waals surface area contributed by atoms with Gasteiger partial charge in [-0.15, -0.1) is 10.1 Å². The largest absolute Gasteiger partial charge is 0.465 e. The fraction of sp³-hybridized carbons (Fsp3) is 0.714. The van der Waals surface area contributed by atoms with Gasteiger partial charge in [-0.25, -0.2) is 4.79 Å². The second kappa shape index (κ2) is 8.26. The third-order valence-corrected chi connectivity index (χ3v) is 1.49. The molecule has 0 aliphatic carbocycles. The van der Waals surface area contributed by atoms with Crippen molar-refractivity contribution in [3.05, 3.63) is 10.1 Å². The van der Waals surface area contributed by atoms with Crippen molar-refractivity contribution in [3.8, 4) is 0 Å². The molecule has 0 saturated carbocycles. The predicted octanol–water partition coefficient (Wildman–Crippen LogP) is -0.641. The molecule has 16 heavy (non-hydrogen) atoms. The molecule has 0 fully saturated rings. The molecule has 0 aliphatic heterocycles. The van der Waals surface area contributed by atoms with Crippen molar-refractivity contribution in [2.75, 3.05) is 19.7 Å². The Bertz CT molecular complexity index is 257. The summed E-state index contributed by atoms with van der Waals surface area (Å²) in [5.41, 5.74) is 0. The average Bonchev–Trinajstić information content (AvgIpc) is 2.19. The Hall–Kier alpha value is -2.06. The van der Waals surface area contributed by atoms with Gasteiger partial charge in [-0.05, 0) is 12.8 Å². The van der Waals surface area contributed by atoms with Crippen molar-refractivity contribution in [1.82, 2.24) is 10.6 Å². The van der Waals surface area contributed by atoms with Crippen LogP contribution in [-0.4, -0.2) is 41.9 Å². The summed E-state index contributed by atoms with van der Waals surface area (Å²) < 4.78 is 0. The zero-order chi connectivity index (χ0) is 12.4. The van der Waals surface area contributed by atoms with Gasteiger partial charge in [-0.3, -0.25) is 4.79 Å². The van der Waals surface area contributed by atoms with Gasteiger partial charge in [-0.1, -0.05) is 0 Å². The summed E-state index contributed by atoms with van der Waals surface area (Å²) in [4.78, 5) is 34.7. The van der Waals surface area contributed by atoms with Crippen LogP contribution in [0.15, 0.2) is 0 Å². The Labute approximate surface area is 90.9 Å². The van der Waals surface area contributed by atoms with Crippen molar-refractivity contribution >= 4 is 12.0 Å². The number of hydrogen-bond acceptors (Lipinski definition) is 5. The van der Waals surface area contributed by atoms with Gasteiger partial charge in [-0.2, -0.15) is 0 Å². The lowest BCUT2D eigenvalue weighted by molar-refractivity contribution is -0.757. The standard InChI is InChI=1S/C7H13N3O6/c11-6(5-9-7(12)13)8-3-1-2-4-16-10(14)15/h9H,1-5H2,(H,8,11)(H,12,13). The lowest BCUT2D eigenvalue weighted by Gasteiger charge is -2.04. The molecule has 0 bridgehead atoms. The first kappa shape index (κ1) is 13.9. The fourth-order valence-electron chi connectivity index (χ4n) is 0.812. The molecule has 9 nitrogen and oxygen atoms in total. The molecule has 0 atom stereocenters. The topological polar surface area (TPSA) is 131 Å². The van der Waals surface area contributed by atoms with E-state index in [0.717, 1.165) is 0 Å². The second-order valence-electron chi connectivity index (χ2n) is 2.77. The molecule has 2 amide bonds. The second-order valence-corrected chi connectivity index (χ2v) is 2.77. The molecule has 0 aliphatic rings. The van der Waals surface area contributed by atoms with Crippen molar-refractivity contribution in [3.63, 3.8) is 0 Å². The minimum Gasteiger partial charge on any atom is -0.465 e. The van der Waals surface area contributed by atoms with Crippen molar-refractivity contribution in [2.24, 2.45) is 0 Å². The minimum atomic E-state index is -1.27. The van der Waals surface area contributed by atoms with Gasteiger partial charge in [0.25, 0.3) is 5.09 Å². The molecule has 9 heteroatoms. The van der Waals surface area contributed by atoms with Gasteiger partial charge in [0.05, 0.1) is 13.2 Å². The van der Waals surface area contributed by atoms with E-state index < -0.39 is 17.1 Å². The van der Waals surface area contributed by atoms with Crippen LogP contribution in [0.5, 0.6) is 0 Å². The summed E-state index contributed by atoms with van der Waals surface area (Å²) in [5.74, 6) is -0.447. The minimum absolute atomic E-state index is 0.0176. The third-order valence-electron chi connectivity index (χ3n) is 1.49. The molecule has 0 rings (SSSR count). The number of nitrogens with zero attached hydrogens (tertiary/aromatic N) is 1. The summed E-state index contributed by atoms with van der Waals surface area (Å²) in [5, 5.41) is 21.4. The molecule has 0 unspecified atom stereocenters. The third kappa shape index (κ3) is 10.0. The van der Waals surface area contributed by atoms with E-state index in [4.69, 9.17) is 5.11 Å². The van der Waals surface area contributed by atoms with Crippen LogP contribution < -0.4 is 10.6 Å². The predicted molar refractivity (Wildman–Crippen MR) is 51.2 cm³/mol. The molecular weight excluding hydrogens is 222 g/mol. The SMILES string of the molecule is O=C(O)NCC(=O)NCCCCO[N+](=O)[O-]. The van der Waals surface area contributed by atoms with Crippen LogP contribution in [-0.2, 0) is 9.63 Å². The Balaban J connectivity index is 3.27. The maximum absolute atomic E-state index is 10.9. The first-order chi connectivity index (χ1) is 7.52. The van der Waals surface area contributed by atoms with Crippen LogP contribution in [0.4, 0.5) is 4.79 Å². The normalized spacial score (nSPS) is 9.25. The Morgan fingerprint density at radius 1 is 1.31 bits per heavy atom. The number of carbonyl (C=O) groups is 2. The van der Waals surface area contributed by atoms with Crippen LogP contribution in [0.1, 0.15) is 12.8 Å². The molecule has 0 saturated heterocycles. The van der Waals surface area contributed by atoms with Gasteiger partial charge >= 0.3 is 6.09 Å². The number of unbranched alkanes of at least 4 members (excludes halogenated alkanes) is 1. The monoisotopic (exact) mass is 235 g/mol. The quantitative estimate of drug-likeness (QED) is 0.291. The number of carbonyl (C=O) groups excluding carboxylic acids is 1. The van der Waals surface area contributed by atoms with E-state index in [0.29, 0.717) is 19.4 Å². The Morgan fingerprint density at radius 2 is 2.00 bits per heavy atom. The highest BCUT2D eigenvalue weighted by molar-refractivity contribution is 5.81. The molecule has 92 valence electrons. The summed E-state index contributed by atoms with van der Waals surface area (Å²) in [7, 11) is 0. The number of carboxylic acid groups (broad SMARTS) is 1. The highest BCUT2D eigenvalue weighted by atomic mass is 16.9. The molecule has 0 aromatic carbocycles. The van der Waals surface area contributed by atoms with Crippen molar-refractivity contribution in [1.29, 1.82) is 0 Å². The maximum Gasteiger partial charge on any atom is 0.405 e. The molecular formula is C7H13N3O6. The lowest BCUT2D eigenvalue weighted by atomic mass is 10.3. The van der Waals surface area contributed by atoms with E-state index in [1.165, 1.54) is 0 Å². The average molecular weight is 235 g/mol. The van der Waals surface area contributed by atoms with Gasteiger partial charge in [0.2, 0.25) is 5.91 Å². The van der Waals surface area contributed by atoms with E-state index in [9.17, 15) is 19.7 Å². The zero-order valence-corrected chi connectivity index (χ0v) is 8.47. The molecule has 0 radical (unpaired) electrons. The molecule has 0 spiro atoms. The summed E-state index contributed by atoms with van der Waals surface area (Å²) in [6.07, 6.45) is -0.310. The van der Waals surface area contributed by atoms with Crippen LogP contribution >= 0.6 is 0 Å². The van der Waals surface area contributed by atoms with E-state index in [1.54, 1.807) is 0 Å². The summed E-state index contributed by atoms with van der Waals surface area (Å²) in [6, 6.07) is 0. The van der Waals surface area contributed by atoms with Gasteiger partial charge < -0.3 is 20.6 Å². The lowest BCUT2D eigenvalue weighted by Crippen LogP contribution is -2.36. The smallest absolute Gasteiger partial charge is 0.405 e. The highest BCUT2D eigenvalue weighted by Gasteiger charge is 2.02. The molecule has 3 N–H and O–H groups in total. The summed E-state index contributed by atoms with van der Waals surface area (Å²) in [6.45, 7) is -0.00180. The van der Waals surface area contributed by atoms with Crippen LogP contribution in [0.2, 0.25) is 0 Å². The fourth-order valence-corrected chi connectivity index (χ4v) is 0.812. The van der Waals surface area contributed by atoms with Crippen molar-refractivity contribution < 1.29 is 24.6 Å². The summed E-state index contributed by atoms with van der Waals surface area (Å²) >= 11 is 0. The van der Waals surface area contributed by atoms with E-state index in [1.807, 2.05) is 5.32 Å². The van der Waals surface area contributed by atoms with Gasteiger partial charge in [0, 0.05) is 6.54 Å². The number of nitrogens with one attached hydrogen (secondary N) is 2. The Morgan fingerprint density at radius 3 is 2.56 bits per heavy atom. The molecule has 0 aromatic heterocycles. The first-order valence-electron chi connectivity index (χ1n) is 4.53. The van der Waals surface area contributed by atoms with Crippen LogP contribution in [0.3, 0.4) is 0 Å². The van der Waals surface area contributed by atoms with E-state index in [-0.39, 0.29) is 13.2 Å². The number of amides is 2. The molecule has 0 heterocycles. The number of rotatable bonds is 8. The Kier molecular flexibility index (Phi) is 7.20. The van der Waals surface area contributed by atoms with Crippen molar-refractivity contribution in [2.45, 2.75) is 12.8 Å². The van der Waals surface area contributed by atoms with Crippen LogP contribution in [0.25, 0.3) is 0 Å². The highest BCUT2D eigenvalue weighted by Crippen LogP contribution is 1.88. The molecule has 0 aromatic rings.